The van der Waals surface area contributed by atoms with Crippen LogP contribution < -0.4 is 5.32 Å². The van der Waals surface area contributed by atoms with Crippen LogP contribution in [0.2, 0.25) is 0 Å². The first-order valence-corrected chi connectivity index (χ1v) is 7.60. The highest BCUT2D eigenvalue weighted by atomic mass is 127. The Morgan fingerprint density at radius 1 is 1.19 bits per heavy atom. The van der Waals surface area contributed by atoms with Crippen molar-refractivity contribution in [2.45, 2.75) is 32.7 Å². The van der Waals surface area contributed by atoms with Gasteiger partial charge in [0, 0.05) is 10.5 Å². The molecule has 0 aliphatic heterocycles. The van der Waals surface area contributed by atoms with Crippen LogP contribution in [0.25, 0.3) is 0 Å². The molecule has 0 radical (unpaired) electrons. The van der Waals surface area contributed by atoms with E-state index in [1.807, 2.05) is 0 Å². The molecule has 0 aliphatic carbocycles. The summed E-state index contributed by atoms with van der Waals surface area (Å²) in [5, 5.41) is 3.63. The molecule has 0 fully saturated rings. The molecule has 90 valence electrons. The third-order valence-electron chi connectivity index (χ3n) is 2.86. The molecular weight excluding hydrogens is 309 g/mol. The van der Waals surface area contributed by atoms with Crippen LogP contribution in [0.1, 0.15) is 25.8 Å². The van der Waals surface area contributed by atoms with E-state index in [2.05, 4.69) is 72.1 Å². The van der Waals surface area contributed by atoms with E-state index in [4.69, 9.17) is 0 Å². The molecule has 1 rings (SSSR count). The Labute approximate surface area is 113 Å². The molecule has 1 atom stereocenters. The fraction of sp³-hybridized carbons (Fsp3) is 0.571. The van der Waals surface area contributed by atoms with Gasteiger partial charge in [-0.25, -0.2) is 0 Å². The summed E-state index contributed by atoms with van der Waals surface area (Å²) in [6, 6.07) is 11.4. The van der Waals surface area contributed by atoms with Crippen molar-refractivity contribution in [2.24, 2.45) is 5.92 Å². The van der Waals surface area contributed by atoms with Crippen LogP contribution in [0.5, 0.6) is 0 Å². The lowest BCUT2D eigenvalue weighted by atomic mass is 10.1. The predicted octanol–water partition coefficient (Wildman–Crippen LogP) is 3.67. The number of hydrogen-bond acceptors (Lipinski definition) is 1. The fourth-order valence-corrected chi connectivity index (χ4v) is 3.02. The van der Waals surface area contributed by atoms with Gasteiger partial charge in [0.2, 0.25) is 0 Å². The predicted molar refractivity (Wildman–Crippen MR) is 80.3 cm³/mol. The average Bonchev–Trinajstić information content (AvgIpc) is 2.30. The second-order valence-electron chi connectivity index (χ2n) is 4.55. The minimum atomic E-state index is 0.663. The van der Waals surface area contributed by atoms with Crippen molar-refractivity contribution in [3.8, 4) is 0 Å². The van der Waals surface area contributed by atoms with Gasteiger partial charge in [-0.15, -0.1) is 0 Å². The lowest BCUT2D eigenvalue weighted by Gasteiger charge is -2.19. The molecule has 1 aromatic rings. The minimum absolute atomic E-state index is 0.663. The third kappa shape index (κ3) is 5.30. The van der Waals surface area contributed by atoms with E-state index in [1.54, 1.807) is 0 Å². The maximum atomic E-state index is 3.63. The van der Waals surface area contributed by atoms with Crippen LogP contribution in [0.15, 0.2) is 30.3 Å². The molecule has 0 heterocycles. The first-order valence-electron chi connectivity index (χ1n) is 6.07. The molecule has 0 aromatic heterocycles. The Hall–Kier alpha value is -0.0900. The van der Waals surface area contributed by atoms with E-state index in [-0.39, 0.29) is 0 Å². The smallest absolute Gasteiger partial charge is 0.0180 e. The molecule has 0 bridgehead atoms. The molecule has 1 aromatic carbocycles. The van der Waals surface area contributed by atoms with Crippen LogP contribution in [-0.4, -0.2) is 17.0 Å². The Kier molecular flexibility index (Phi) is 7.05. The van der Waals surface area contributed by atoms with Gasteiger partial charge in [0.25, 0.3) is 0 Å². The second-order valence-corrected chi connectivity index (χ2v) is 5.43. The first kappa shape index (κ1) is 14.0. The quantitative estimate of drug-likeness (QED) is 0.457. The van der Waals surface area contributed by atoms with E-state index in [0.29, 0.717) is 6.04 Å². The molecular formula is C14H22IN. The van der Waals surface area contributed by atoms with Gasteiger partial charge < -0.3 is 5.32 Å². The molecule has 0 saturated carbocycles. The maximum absolute atomic E-state index is 3.63. The van der Waals surface area contributed by atoms with Crippen LogP contribution in [0.4, 0.5) is 0 Å². The van der Waals surface area contributed by atoms with E-state index in [1.165, 1.54) is 22.8 Å². The first-order chi connectivity index (χ1) is 7.74. The molecule has 0 saturated heterocycles. The Morgan fingerprint density at radius 3 is 2.44 bits per heavy atom. The van der Waals surface area contributed by atoms with Crippen LogP contribution in [0, 0.1) is 5.92 Å². The number of halogens is 1. The maximum Gasteiger partial charge on any atom is 0.0180 e. The van der Waals surface area contributed by atoms with Crippen LogP contribution >= 0.6 is 22.6 Å². The Bertz CT molecular complexity index is 271. The fourth-order valence-electron chi connectivity index (χ4n) is 1.69. The normalized spacial score (nSPS) is 13.0. The summed E-state index contributed by atoms with van der Waals surface area (Å²) in [6.07, 6.45) is 2.41. The van der Waals surface area contributed by atoms with Gasteiger partial charge in [-0.3, -0.25) is 0 Å². The van der Waals surface area contributed by atoms with Crippen LogP contribution in [-0.2, 0) is 6.42 Å². The standard InChI is InChI=1S/C14H22IN/c1-12(2)14(11-15)16-10-6-9-13-7-4-3-5-8-13/h3-5,7-8,12,14,16H,6,9-11H2,1-2H3. The topological polar surface area (TPSA) is 12.0 Å². The van der Waals surface area contributed by atoms with Gasteiger partial charge >= 0.3 is 0 Å². The van der Waals surface area contributed by atoms with Crippen molar-refractivity contribution >= 4 is 22.6 Å². The highest BCUT2D eigenvalue weighted by Crippen LogP contribution is 2.06. The monoisotopic (exact) mass is 331 g/mol. The van der Waals surface area contributed by atoms with Crippen molar-refractivity contribution in [1.29, 1.82) is 0 Å². The number of nitrogens with one attached hydrogen (secondary N) is 1. The highest BCUT2D eigenvalue weighted by molar-refractivity contribution is 14.1. The molecule has 0 spiro atoms. The largest absolute Gasteiger partial charge is 0.313 e. The number of benzene rings is 1. The van der Waals surface area contributed by atoms with Gasteiger partial charge in [-0.1, -0.05) is 66.8 Å². The number of rotatable bonds is 7. The molecule has 1 N–H and O–H groups in total. The van der Waals surface area contributed by atoms with E-state index < -0.39 is 0 Å². The van der Waals surface area contributed by atoms with Gasteiger partial charge in [0.15, 0.2) is 0 Å². The SMILES string of the molecule is CC(C)C(CI)NCCCc1ccccc1. The minimum Gasteiger partial charge on any atom is -0.313 e. The van der Waals surface area contributed by atoms with Gasteiger partial charge in [-0.05, 0) is 30.9 Å². The number of aryl methyl sites for hydroxylation is 1. The zero-order chi connectivity index (χ0) is 11.8. The third-order valence-corrected chi connectivity index (χ3v) is 3.81. The highest BCUT2D eigenvalue weighted by Gasteiger charge is 2.09. The van der Waals surface area contributed by atoms with Crippen molar-refractivity contribution in [1.82, 2.24) is 5.32 Å². The Balaban J connectivity index is 2.16. The summed E-state index contributed by atoms with van der Waals surface area (Å²) in [4.78, 5) is 0. The summed E-state index contributed by atoms with van der Waals surface area (Å²) in [5.41, 5.74) is 1.44. The number of alkyl halides is 1. The summed E-state index contributed by atoms with van der Waals surface area (Å²) < 4.78 is 1.20. The van der Waals surface area contributed by atoms with Crippen molar-refractivity contribution in [2.75, 3.05) is 11.0 Å². The second kappa shape index (κ2) is 8.07. The van der Waals surface area contributed by atoms with Crippen LogP contribution in [0.3, 0.4) is 0 Å². The summed E-state index contributed by atoms with van der Waals surface area (Å²) in [7, 11) is 0. The summed E-state index contributed by atoms with van der Waals surface area (Å²) in [5.74, 6) is 0.730. The average molecular weight is 331 g/mol. The van der Waals surface area contributed by atoms with Gasteiger partial charge in [0.1, 0.15) is 0 Å². The summed E-state index contributed by atoms with van der Waals surface area (Å²) in [6.45, 7) is 5.70. The van der Waals surface area contributed by atoms with Gasteiger partial charge in [-0.2, -0.15) is 0 Å². The zero-order valence-corrected chi connectivity index (χ0v) is 12.4. The molecule has 0 amide bonds. The van der Waals surface area contributed by atoms with Crippen molar-refractivity contribution < 1.29 is 0 Å². The summed E-state index contributed by atoms with van der Waals surface area (Å²) >= 11 is 2.47. The molecule has 1 nitrogen and oxygen atoms in total. The van der Waals surface area contributed by atoms with E-state index in [0.717, 1.165) is 12.5 Å². The Morgan fingerprint density at radius 2 is 1.88 bits per heavy atom. The van der Waals surface area contributed by atoms with Crippen molar-refractivity contribution in [3.05, 3.63) is 35.9 Å². The van der Waals surface area contributed by atoms with E-state index in [9.17, 15) is 0 Å². The lowest BCUT2D eigenvalue weighted by Crippen LogP contribution is -2.35. The molecule has 2 heteroatoms. The molecule has 1 unspecified atom stereocenters. The van der Waals surface area contributed by atoms with Crippen molar-refractivity contribution in [3.63, 3.8) is 0 Å². The molecule has 0 aliphatic rings. The zero-order valence-electron chi connectivity index (χ0n) is 10.2. The van der Waals surface area contributed by atoms with E-state index >= 15 is 0 Å². The molecule has 16 heavy (non-hydrogen) atoms. The lowest BCUT2D eigenvalue weighted by molar-refractivity contribution is 0.434. The number of hydrogen-bond donors (Lipinski definition) is 1. The van der Waals surface area contributed by atoms with Gasteiger partial charge in [0.05, 0.1) is 0 Å².